The van der Waals surface area contributed by atoms with Crippen molar-refractivity contribution < 1.29 is 42.9 Å². The molecule has 3 rings (SSSR count). The number of allylic oxidation sites excluding steroid dienone is 1. The molecule has 1 aromatic carbocycles. The minimum atomic E-state index is -4.88. The number of hydrogen-bond donors (Lipinski definition) is 6. The summed E-state index contributed by atoms with van der Waals surface area (Å²) in [7, 11) is -9.63. The summed E-state index contributed by atoms with van der Waals surface area (Å²) in [6.07, 6.45) is -3.41. The Balaban J connectivity index is 1.83. The molecule has 0 aliphatic carbocycles. The molecule has 3 aromatic rings. The fraction of sp³-hybridized carbons (Fsp3) is 0.391. The third-order valence-corrected chi connectivity index (χ3v) is 9.32. The Morgan fingerprint density at radius 1 is 1.18 bits per heavy atom. The van der Waals surface area contributed by atoms with E-state index in [2.05, 4.69) is 15.3 Å². The van der Waals surface area contributed by atoms with Gasteiger partial charge in [0.15, 0.2) is 18.3 Å². The van der Waals surface area contributed by atoms with Crippen molar-refractivity contribution in [3.8, 4) is 0 Å². The van der Waals surface area contributed by atoms with Crippen molar-refractivity contribution in [2.24, 2.45) is 0 Å². The van der Waals surface area contributed by atoms with Crippen molar-refractivity contribution in [3.63, 3.8) is 0 Å². The molecule has 2 heterocycles. The van der Waals surface area contributed by atoms with Crippen molar-refractivity contribution in [3.05, 3.63) is 65.1 Å². The van der Waals surface area contributed by atoms with Crippen LogP contribution in [0.2, 0.25) is 5.28 Å². The Morgan fingerprint density at radius 3 is 2.46 bits per heavy atom. The fourth-order valence-electron chi connectivity index (χ4n) is 3.86. The van der Waals surface area contributed by atoms with E-state index in [0.717, 1.165) is 10.1 Å². The number of benzene rings is 1. The number of nitrogens with one attached hydrogen (secondary N) is 1. The zero-order valence-corrected chi connectivity index (χ0v) is 23.5. The summed E-state index contributed by atoms with van der Waals surface area (Å²) in [5, 5.41) is 24.9. The quantitative estimate of drug-likeness (QED) is 0.0933. The van der Waals surface area contributed by atoms with E-state index in [-0.39, 0.29) is 29.0 Å². The molecule has 1 unspecified atom stereocenters. The molecule has 0 amide bonds. The van der Waals surface area contributed by atoms with E-state index >= 15 is 4.39 Å². The van der Waals surface area contributed by atoms with Crippen LogP contribution in [0.5, 0.6) is 0 Å². The predicted octanol–water partition coefficient (Wildman–Crippen LogP) is 4.12. The average Bonchev–Trinajstić information content (AvgIpc) is 3.28. The third kappa shape index (κ3) is 8.40. The minimum absolute atomic E-state index is 0.0823. The van der Waals surface area contributed by atoms with Crippen LogP contribution in [0.1, 0.15) is 38.1 Å². The van der Waals surface area contributed by atoms with Gasteiger partial charge in [0.1, 0.15) is 17.6 Å². The molecule has 16 heteroatoms. The highest BCUT2D eigenvalue weighted by molar-refractivity contribution is 7.70. The van der Waals surface area contributed by atoms with Crippen molar-refractivity contribution >= 4 is 43.6 Å². The van der Waals surface area contributed by atoms with Gasteiger partial charge < -0.3 is 39.3 Å². The smallest absolute Gasteiger partial charge is 0.340 e. The molecule has 39 heavy (non-hydrogen) atoms. The normalized spacial score (nSPS) is 17.4. The van der Waals surface area contributed by atoms with Gasteiger partial charge in [0.05, 0.1) is 12.0 Å². The number of anilines is 1. The SMILES string of the molecule is CC/C=C(/COP(=O)(O)CP(=O)(O)O)[C@@H](O)[C@H](F)[C@@H](O)n1ccc2c(N[C@@H](C)c3ccccc3)nc(Cl)nc21. The van der Waals surface area contributed by atoms with Gasteiger partial charge in [-0.3, -0.25) is 9.13 Å². The lowest BCUT2D eigenvalue weighted by atomic mass is 10.0. The summed E-state index contributed by atoms with van der Waals surface area (Å²) >= 11 is 6.12. The molecule has 0 radical (unpaired) electrons. The first kappa shape index (κ1) is 31.3. The highest BCUT2D eigenvalue weighted by Crippen LogP contribution is 2.55. The zero-order valence-electron chi connectivity index (χ0n) is 21.0. The molecular formula is C23H30ClFN4O8P2. The monoisotopic (exact) mass is 606 g/mol. The van der Waals surface area contributed by atoms with Gasteiger partial charge in [-0.15, -0.1) is 0 Å². The summed E-state index contributed by atoms with van der Waals surface area (Å²) in [5.74, 6) is -1.10. The van der Waals surface area contributed by atoms with Gasteiger partial charge >= 0.3 is 15.2 Å². The van der Waals surface area contributed by atoms with Gasteiger partial charge in [-0.25, -0.2) is 9.37 Å². The van der Waals surface area contributed by atoms with E-state index in [1.165, 1.54) is 12.3 Å². The van der Waals surface area contributed by atoms with Gasteiger partial charge in [0, 0.05) is 12.2 Å². The van der Waals surface area contributed by atoms with E-state index in [1.54, 1.807) is 13.0 Å². The van der Waals surface area contributed by atoms with E-state index in [9.17, 15) is 24.2 Å². The van der Waals surface area contributed by atoms with E-state index in [0.29, 0.717) is 11.2 Å². The molecule has 6 N–H and O–H groups in total. The number of fused-ring (bicyclic) bond motifs is 1. The fourth-order valence-corrected chi connectivity index (χ4v) is 6.56. The Kier molecular flexibility index (Phi) is 10.4. The van der Waals surface area contributed by atoms with E-state index in [1.807, 2.05) is 37.3 Å². The Hall–Kier alpha value is -2.18. The summed E-state index contributed by atoms with van der Waals surface area (Å²) in [5.41, 5.74) is 0.851. The second-order valence-electron chi connectivity index (χ2n) is 8.79. The summed E-state index contributed by atoms with van der Waals surface area (Å²) in [4.78, 5) is 35.9. The predicted molar refractivity (Wildman–Crippen MR) is 144 cm³/mol. The van der Waals surface area contributed by atoms with E-state index in [4.69, 9.17) is 25.9 Å². The standard InChI is InChI=1S/C23H30ClFN4O8P2/c1-3-7-16(12-37-39(35,36)13-38(32,33)34)19(30)18(25)22(31)29-11-10-17-20(27-23(24)28-21(17)29)26-14(2)15-8-5-4-6-9-15/h4-11,14,18-19,22,30-31H,3,12-13H2,1-2H3,(H,35,36)(H,26,27,28)(H2,32,33,34)/b16-7-/t14-,18-,19+,22+/m0/s1. The van der Waals surface area contributed by atoms with Crippen molar-refractivity contribution in [1.29, 1.82) is 0 Å². The topological polar surface area (TPSA) is 187 Å². The lowest BCUT2D eigenvalue weighted by molar-refractivity contribution is -0.0349. The van der Waals surface area contributed by atoms with Gasteiger partial charge in [-0.05, 0) is 42.1 Å². The largest absolute Gasteiger partial charge is 0.385 e. The molecule has 0 saturated heterocycles. The summed E-state index contributed by atoms with van der Waals surface area (Å²) in [6.45, 7) is 2.75. The zero-order chi connectivity index (χ0) is 29.0. The van der Waals surface area contributed by atoms with Gasteiger partial charge in [-0.2, -0.15) is 4.98 Å². The first-order valence-electron chi connectivity index (χ1n) is 11.8. The van der Waals surface area contributed by atoms with Crippen molar-refractivity contribution in [2.45, 2.75) is 44.8 Å². The van der Waals surface area contributed by atoms with Gasteiger partial charge in [0.2, 0.25) is 5.28 Å². The second kappa shape index (κ2) is 13.0. The van der Waals surface area contributed by atoms with Crippen LogP contribution in [0.4, 0.5) is 10.2 Å². The third-order valence-electron chi connectivity index (χ3n) is 5.71. The maximum absolute atomic E-state index is 15.4. The van der Waals surface area contributed by atoms with Gasteiger partial charge in [-0.1, -0.05) is 43.3 Å². The minimum Gasteiger partial charge on any atom is -0.385 e. The van der Waals surface area contributed by atoms with Crippen LogP contribution in [-0.2, 0) is 13.7 Å². The molecule has 2 aromatic heterocycles. The molecule has 12 nitrogen and oxygen atoms in total. The molecule has 0 bridgehead atoms. The molecule has 0 aliphatic heterocycles. The van der Waals surface area contributed by atoms with E-state index < -0.39 is 46.2 Å². The molecule has 0 fully saturated rings. The highest BCUT2D eigenvalue weighted by atomic mass is 35.5. The number of nitrogens with zero attached hydrogens (tertiary/aromatic N) is 3. The molecule has 5 atom stereocenters. The number of hydrogen-bond acceptors (Lipinski definition) is 8. The van der Waals surface area contributed by atoms with Crippen LogP contribution >= 0.6 is 26.8 Å². The van der Waals surface area contributed by atoms with Crippen molar-refractivity contribution in [2.75, 3.05) is 17.8 Å². The average molecular weight is 607 g/mol. The number of aliphatic hydroxyl groups is 2. The molecular weight excluding hydrogens is 577 g/mol. The lowest BCUT2D eigenvalue weighted by Gasteiger charge is -2.25. The van der Waals surface area contributed by atoms with Crippen LogP contribution < -0.4 is 5.32 Å². The Labute approximate surface area is 228 Å². The summed E-state index contributed by atoms with van der Waals surface area (Å²) < 4.78 is 44.2. The van der Waals surface area contributed by atoms with Crippen LogP contribution in [0, 0.1) is 0 Å². The number of rotatable bonds is 13. The molecule has 0 aliphatic rings. The van der Waals surface area contributed by atoms with Crippen LogP contribution in [0.25, 0.3) is 11.0 Å². The van der Waals surface area contributed by atoms with Gasteiger partial charge in [0.25, 0.3) is 0 Å². The van der Waals surface area contributed by atoms with Crippen LogP contribution in [0.3, 0.4) is 0 Å². The summed E-state index contributed by atoms with van der Waals surface area (Å²) in [6, 6.07) is 10.9. The van der Waals surface area contributed by atoms with Crippen molar-refractivity contribution in [1.82, 2.24) is 14.5 Å². The number of aromatic nitrogens is 3. The first-order chi connectivity index (χ1) is 18.2. The first-order valence-corrected chi connectivity index (χ1v) is 15.7. The molecule has 214 valence electrons. The van der Waals surface area contributed by atoms with Crippen LogP contribution in [-0.4, -0.2) is 64.2 Å². The number of aliphatic hydroxyl groups excluding tert-OH is 2. The highest BCUT2D eigenvalue weighted by Gasteiger charge is 2.35. The number of halogens is 2. The number of alkyl halides is 1. The lowest BCUT2D eigenvalue weighted by Crippen LogP contribution is -2.34. The second-order valence-corrected chi connectivity index (χ2v) is 13.1. The Bertz CT molecular complexity index is 1400. The molecule has 0 spiro atoms. The van der Waals surface area contributed by atoms with Crippen LogP contribution in [0.15, 0.2) is 54.2 Å². The Morgan fingerprint density at radius 2 is 1.85 bits per heavy atom. The maximum atomic E-state index is 15.4. The molecule has 0 saturated carbocycles. The maximum Gasteiger partial charge on any atom is 0.340 e.